The molecule has 0 heterocycles. The maximum atomic E-state index is 11.2. The molecule has 0 unspecified atom stereocenters. The zero-order valence-corrected chi connectivity index (χ0v) is 9.72. The lowest BCUT2D eigenvalue weighted by Crippen LogP contribution is -2.14. The van der Waals surface area contributed by atoms with Gasteiger partial charge in [-0.15, -0.1) is 0 Å². The van der Waals surface area contributed by atoms with Gasteiger partial charge in [0.15, 0.2) is 0 Å². The van der Waals surface area contributed by atoms with Crippen LogP contribution in [0.15, 0.2) is 0 Å². The first-order chi connectivity index (χ1) is 6.76. The Bertz CT molecular complexity index is 166. The van der Waals surface area contributed by atoms with Crippen molar-refractivity contribution in [2.24, 2.45) is 11.8 Å². The molecule has 1 aliphatic rings. The van der Waals surface area contributed by atoms with E-state index in [1.165, 1.54) is 32.1 Å². The minimum atomic E-state index is 0.447. The molecule has 1 rings (SSSR count). The topological polar surface area (TPSA) is 17.1 Å². The van der Waals surface area contributed by atoms with Gasteiger partial charge in [-0.05, 0) is 18.3 Å². The Balaban J connectivity index is 2.13. The maximum Gasteiger partial charge on any atom is 0.132 e. The summed E-state index contributed by atoms with van der Waals surface area (Å²) in [7, 11) is 0. The van der Waals surface area contributed by atoms with Crippen LogP contribution in [0.2, 0.25) is 0 Å². The molecule has 0 saturated heterocycles. The number of hydrogen-bond donors (Lipinski definition) is 0. The van der Waals surface area contributed by atoms with Gasteiger partial charge in [0.25, 0.3) is 0 Å². The monoisotopic (exact) mass is 196 g/mol. The first-order valence-electron chi connectivity index (χ1n) is 6.27. The lowest BCUT2D eigenvalue weighted by molar-refractivity contribution is -0.119. The van der Waals surface area contributed by atoms with Crippen molar-refractivity contribution in [1.29, 1.82) is 0 Å². The van der Waals surface area contributed by atoms with Crippen molar-refractivity contribution in [3.05, 3.63) is 0 Å². The Morgan fingerprint density at radius 3 is 2.14 bits per heavy atom. The van der Waals surface area contributed by atoms with Crippen LogP contribution in [0.1, 0.15) is 65.2 Å². The first-order valence-corrected chi connectivity index (χ1v) is 6.27. The van der Waals surface area contributed by atoms with Gasteiger partial charge in [-0.25, -0.2) is 0 Å². The number of carbonyl (C=O) groups excluding carboxylic acids is 1. The van der Waals surface area contributed by atoms with E-state index in [2.05, 4.69) is 6.92 Å². The quantitative estimate of drug-likeness (QED) is 0.650. The smallest absolute Gasteiger partial charge is 0.132 e. The average Bonchev–Trinajstić information content (AvgIpc) is 2.26. The molecule has 0 spiro atoms. The van der Waals surface area contributed by atoms with Gasteiger partial charge in [0, 0.05) is 12.8 Å². The molecule has 0 radical (unpaired) electrons. The van der Waals surface area contributed by atoms with E-state index in [1.54, 1.807) is 0 Å². The Morgan fingerprint density at radius 2 is 1.64 bits per heavy atom. The van der Waals surface area contributed by atoms with Crippen molar-refractivity contribution in [1.82, 2.24) is 0 Å². The molecule has 1 saturated carbocycles. The Morgan fingerprint density at radius 1 is 1.07 bits per heavy atom. The number of carbonyl (C=O) groups is 1. The van der Waals surface area contributed by atoms with Gasteiger partial charge < -0.3 is 0 Å². The first kappa shape index (κ1) is 11.7. The summed E-state index contributed by atoms with van der Waals surface area (Å²) in [5.74, 6) is 2.28. The molecule has 0 aliphatic heterocycles. The standard InChI is InChI=1S/C13H24O/c1-3-11-5-7-12(8-6-11)9-10-13(14)4-2/h11-12H,3-10H2,1-2H3. The summed E-state index contributed by atoms with van der Waals surface area (Å²) in [5.41, 5.74) is 0. The summed E-state index contributed by atoms with van der Waals surface area (Å²) in [5, 5.41) is 0. The summed E-state index contributed by atoms with van der Waals surface area (Å²) in [6.07, 6.45) is 9.61. The number of ketones is 1. The second kappa shape index (κ2) is 6.21. The summed E-state index contributed by atoms with van der Waals surface area (Å²) < 4.78 is 0. The molecule has 1 aliphatic carbocycles. The zero-order valence-electron chi connectivity index (χ0n) is 9.72. The number of Topliss-reactive ketones (excluding diaryl/α,β-unsaturated/α-hetero) is 1. The third kappa shape index (κ3) is 3.81. The van der Waals surface area contributed by atoms with Crippen LogP contribution < -0.4 is 0 Å². The molecule has 0 atom stereocenters. The molecular weight excluding hydrogens is 172 g/mol. The second-order valence-corrected chi connectivity index (χ2v) is 4.73. The third-order valence-electron chi connectivity index (χ3n) is 3.77. The average molecular weight is 196 g/mol. The molecule has 0 aromatic carbocycles. The zero-order chi connectivity index (χ0) is 10.4. The molecule has 0 aromatic heterocycles. The molecular formula is C13H24O. The van der Waals surface area contributed by atoms with Gasteiger partial charge in [0.05, 0.1) is 0 Å². The highest BCUT2D eigenvalue weighted by atomic mass is 16.1. The van der Waals surface area contributed by atoms with E-state index in [0.29, 0.717) is 5.78 Å². The van der Waals surface area contributed by atoms with Crippen LogP contribution in [-0.2, 0) is 4.79 Å². The molecule has 1 nitrogen and oxygen atoms in total. The molecule has 14 heavy (non-hydrogen) atoms. The molecule has 0 aromatic rings. The lowest BCUT2D eigenvalue weighted by atomic mass is 9.79. The van der Waals surface area contributed by atoms with Crippen molar-refractivity contribution >= 4 is 5.78 Å². The van der Waals surface area contributed by atoms with Crippen LogP contribution in [0.3, 0.4) is 0 Å². The summed E-state index contributed by atoms with van der Waals surface area (Å²) in [4.78, 5) is 11.2. The summed E-state index contributed by atoms with van der Waals surface area (Å²) in [6.45, 7) is 4.27. The minimum absolute atomic E-state index is 0.447. The molecule has 1 heteroatoms. The Hall–Kier alpha value is -0.330. The fourth-order valence-corrected chi connectivity index (χ4v) is 2.47. The van der Waals surface area contributed by atoms with Gasteiger partial charge >= 0.3 is 0 Å². The van der Waals surface area contributed by atoms with Gasteiger partial charge in [0.2, 0.25) is 0 Å². The molecule has 82 valence electrons. The highest BCUT2D eigenvalue weighted by molar-refractivity contribution is 5.77. The van der Waals surface area contributed by atoms with Crippen molar-refractivity contribution in [3.8, 4) is 0 Å². The van der Waals surface area contributed by atoms with Gasteiger partial charge in [0.1, 0.15) is 5.78 Å². The van der Waals surface area contributed by atoms with E-state index in [9.17, 15) is 4.79 Å². The van der Waals surface area contributed by atoms with E-state index in [4.69, 9.17) is 0 Å². The van der Waals surface area contributed by atoms with Gasteiger partial charge in [-0.1, -0.05) is 46.0 Å². The second-order valence-electron chi connectivity index (χ2n) is 4.73. The number of rotatable bonds is 5. The van der Waals surface area contributed by atoms with Crippen LogP contribution in [0.5, 0.6) is 0 Å². The highest BCUT2D eigenvalue weighted by Crippen LogP contribution is 2.32. The Labute approximate surface area is 88.3 Å². The van der Waals surface area contributed by atoms with Crippen LogP contribution in [0.4, 0.5) is 0 Å². The molecule has 0 bridgehead atoms. The van der Waals surface area contributed by atoms with Crippen molar-refractivity contribution in [2.45, 2.75) is 65.2 Å². The fourth-order valence-electron chi connectivity index (χ4n) is 2.47. The molecule has 1 fully saturated rings. The fraction of sp³-hybridized carbons (Fsp3) is 0.923. The van der Waals surface area contributed by atoms with Crippen molar-refractivity contribution < 1.29 is 4.79 Å². The maximum absolute atomic E-state index is 11.2. The van der Waals surface area contributed by atoms with Crippen LogP contribution in [0, 0.1) is 11.8 Å². The van der Waals surface area contributed by atoms with Gasteiger partial charge in [-0.3, -0.25) is 4.79 Å². The minimum Gasteiger partial charge on any atom is -0.300 e. The third-order valence-corrected chi connectivity index (χ3v) is 3.77. The molecule has 0 N–H and O–H groups in total. The van der Waals surface area contributed by atoms with Crippen LogP contribution in [-0.4, -0.2) is 5.78 Å². The van der Waals surface area contributed by atoms with E-state index >= 15 is 0 Å². The van der Waals surface area contributed by atoms with Gasteiger partial charge in [-0.2, -0.15) is 0 Å². The normalized spacial score (nSPS) is 27.6. The Kier molecular flexibility index (Phi) is 5.21. The van der Waals surface area contributed by atoms with Crippen LogP contribution >= 0.6 is 0 Å². The molecule has 0 amide bonds. The highest BCUT2D eigenvalue weighted by Gasteiger charge is 2.19. The van der Waals surface area contributed by atoms with Crippen molar-refractivity contribution in [2.75, 3.05) is 0 Å². The van der Waals surface area contributed by atoms with E-state index in [0.717, 1.165) is 31.1 Å². The van der Waals surface area contributed by atoms with E-state index < -0.39 is 0 Å². The summed E-state index contributed by atoms with van der Waals surface area (Å²) >= 11 is 0. The summed E-state index contributed by atoms with van der Waals surface area (Å²) in [6, 6.07) is 0. The lowest BCUT2D eigenvalue weighted by Gasteiger charge is -2.27. The van der Waals surface area contributed by atoms with E-state index in [1.807, 2.05) is 6.92 Å². The predicted molar refractivity (Wildman–Crippen MR) is 60.3 cm³/mol. The number of hydrogen-bond acceptors (Lipinski definition) is 1. The SMILES string of the molecule is CCC(=O)CCC1CCC(CC)CC1. The largest absolute Gasteiger partial charge is 0.300 e. The van der Waals surface area contributed by atoms with Crippen molar-refractivity contribution in [3.63, 3.8) is 0 Å². The van der Waals surface area contributed by atoms with E-state index in [-0.39, 0.29) is 0 Å². The van der Waals surface area contributed by atoms with Crippen LogP contribution in [0.25, 0.3) is 0 Å². The predicted octanol–water partition coefficient (Wildman–Crippen LogP) is 3.96.